The van der Waals surface area contributed by atoms with E-state index in [1.807, 2.05) is 18.2 Å². The smallest absolute Gasteiger partial charge is 0.280 e. The molecule has 29 heavy (non-hydrogen) atoms. The predicted octanol–water partition coefficient (Wildman–Crippen LogP) is 5.42. The summed E-state index contributed by atoms with van der Waals surface area (Å²) in [7, 11) is 0. The van der Waals surface area contributed by atoms with E-state index in [-0.39, 0.29) is 11.6 Å². The Bertz CT molecular complexity index is 1200. The number of hydrogen-bond acceptors (Lipinski definition) is 5. The second-order valence-corrected chi connectivity index (χ2v) is 7.27. The van der Waals surface area contributed by atoms with Crippen molar-refractivity contribution in [2.45, 2.75) is 6.92 Å². The molecule has 1 aliphatic rings. The molecule has 1 aliphatic heterocycles. The number of furan rings is 1. The van der Waals surface area contributed by atoms with Gasteiger partial charge in [0.05, 0.1) is 21.9 Å². The minimum absolute atomic E-state index is 0.0163. The van der Waals surface area contributed by atoms with Crippen LogP contribution in [0.15, 0.2) is 80.2 Å². The molecule has 1 amide bonds. The number of halogens is 1. The van der Waals surface area contributed by atoms with Crippen LogP contribution in [0.3, 0.4) is 0 Å². The fourth-order valence-electron chi connectivity index (χ4n) is 2.97. The molecule has 2 heterocycles. The van der Waals surface area contributed by atoms with E-state index in [4.69, 9.17) is 4.42 Å². The lowest BCUT2D eigenvalue weighted by Gasteiger charge is -2.11. The van der Waals surface area contributed by atoms with E-state index in [9.17, 15) is 14.9 Å². The molecule has 7 nitrogen and oxygen atoms in total. The molecule has 0 N–H and O–H groups in total. The summed E-state index contributed by atoms with van der Waals surface area (Å²) in [5.41, 5.74) is 2.22. The van der Waals surface area contributed by atoms with E-state index in [0.29, 0.717) is 34.1 Å². The molecule has 0 fully saturated rings. The maximum atomic E-state index is 12.8. The number of benzene rings is 2. The van der Waals surface area contributed by atoms with Gasteiger partial charge in [-0.05, 0) is 43.3 Å². The molecule has 0 unspecified atom stereocenters. The number of carbonyl (C=O) groups excluding carboxylic acids is 1. The van der Waals surface area contributed by atoms with Gasteiger partial charge in [0.2, 0.25) is 0 Å². The van der Waals surface area contributed by atoms with E-state index in [2.05, 4.69) is 21.0 Å². The first kappa shape index (κ1) is 18.8. The summed E-state index contributed by atoms with van der Waals surface area (Å²) in [6, 6.07) is 16.9. The van der Waals surface area contributed by atoms with Crippen LogP contribution >= 0.6 is 15.9 Å². The van der Waals surface area contributed by atoms with Gasteiger partial charge in [0.1, 0.15) is 11.5 Å². The van der Waals surface area contributed by atoms with Crippen LogP contribution < -0.4 is 5.01 Å². The lowest BCUT2D eigenvalue weighted by Crippen LogP contribution is -2.21. The number of nitro benzene ring substituents is 1. The number of anilines is 1. The Labute approximate surface area is 174 Å². The number of amides is 1. The second kappa shape index (κ2) is 7.48. The number of non-ortho nitro benzene ring substituents is 1. The molecule has 0 atom stereocenters. The Morgan fingerprint density at radius 3 is 2.69 bits per heavy atom. The highest BCUT2D eigenvalue weighted by Crippen LogP contribution is 2.29. The molecule has 0 saturated carbocycles. The van der Waals surface area contributed by atoms with Crippen LogP contribution in [0, 0.1) is 10.1 Å². The van der Waals surface area contributed by atoms with Gasteiger partial charge in [-0.25, -0.2) is 0 Å². The fraction of sp³-hybridized carbons (Fsp3) is 0.0476. The number of rotatable bonds is 4. The predicted molar refractivity (Wildman–Crippen MR) is 114 cm³/mol. The normalized spacial score (nSPS) is 15.1. The van der Waals surface area contributed by atoms with Gasteiger partial charge in [-0.3, -0.25) is 14.9 Å². The third-order valence-electron chi connectivity index (χ3n) is 4.37. The molecule has 0 radical (unpaired) electrons. The summed E-state index contributed by atoms with van der Waals surface area (Å²) >= 11 is 3.39. The van der Waals surface area contributed by atoms with Crippen LogP contribution in [0.2, 0.25) is 0 Å². The Morgan fingerprint density at radius 2 is 1.93 bits per heavy atom. The highest BCUT2D eigenvalue weighted by atomic mass is 79.9. The number of nitrogens with zero attached hydrogens (tertiary/aromatic N) is 3. The maximum absolute atomic E-state index is 12.8. The Morgan fingerprint density at radius 1 is 1.14 bits per heavy atom. The van der Waals surface area contributed by atoms with Gasteiger partial charge < -0.3 is 4.42 Å². The van der Waals surface area contributed by atoms with Crippen LogP contribution in [-0.4, -0.2) is 16.5 Å². The molecule has 0 spiro atoms. The monoisotopic (exact) mass is 451 g/mol. The first-order valence-corrected chi connectivity index (χ1v) is 9.43. The van der Waals surface area contributed by atoms with E-state index in [1.54, 1.807) is 43.3 Å². The quantitative estimate of drug-likeness (QED) is 0.300. The number of carbonyl (C=O) groups is 1. The van der Waals surface area contributed by atoms with Gasteiger partial charge in [-0.15, -0.1) is 0 Å². The van der Waals surface area contributed by atoms with Gasteiger partial charge in [-0.1, -0.05) is 34.1 Å². The molecule has 0 bridgehead atoms. The second-order valence-electron chi connectivity index (χ2n) is 6.35. The zero-order valence-electron chi connectivity index (χ0n) is 15.2. The number of hydrogen-bond donors (Lipinski definition) is 0. The summed E-state index contributed by atoms with van der Waals surface area (Å²) in [5, 5.41) is 16.7. The standard InChI is InChI=1S/C21H14BrN3O4/c1-13-19(21(26)24(23-13)16-6-3-5-15(22)11-16)12-18-8-9-20(29-18)14-4-2-7-17(10-14)25(27)28/h2-12H,1H3/b19-12-. The average Bonchev–Trinajstić information content (AvgIpc) is 3.28. The van der Waals surface area contributed by atoms with Gasteiger partial charge >= 0.3 is 0 Å². The summed E-state index contributed by atoms with van der Waals surface area (Å²) in [4.78, 5) is 23.4. The highest BCUT2D eigenvalue weighted by molar-refractivity contribution is 9.10. The third kappa shape index (κ3) is 3.74. The molecule has 0 aliphatic carbocycles. The van der Waals surface area contributed by atoms with Crippen LogP contribution in [0.1, 0.15) is 12.7 Å². The van der Waals surface area contributed by atoms with Crippen LogP contribution in [0.5, 0.6) is 0 Å². The van der Waals surface area contributed by atoms with Crippen molar-refractivity contribution in [1.29, 1.82) is 0 Å². The van der Waals surface area contributed by atoms with E-state index < -0.39 is 4.92 Å². The molecule has 144 valence electrons. The summed E-state index contributed by atoms with van der Waals surface area (Å²) < 4.78 is 6.64. The number of hydrazone groups is 1. The zero-order chi connectivity index (χ0) is 20.5. The Kier molecular flexibility index (Phi) is 4.85. The SMILES string of the molecule is CC1=NN(c2cccc(Br)c2)C(=O)/C1=C\c1ccc(-c2cccc([N+](=O)[O-])c2)o1. The molecule has 0 saturated heterocycles. The first-order chi connectivity index (χ1) is 13.9. The summed E-state index contributed by atoms with van der Waals surface area (Å²) in [5.74, 6) is 0.679. The Balaban J connectivity index is 1.62. The van der Waals surface area contributed by atoms with Crippen LogP contribution in [0.4, 0.5) is 11.4 Å². The zero-order valence-corrected chi connectivity index (χ0v) is 16.8. The molecule has 8 heteroatoms. The minimum atomic E-state index is -0.455. The van der Waals surface area contributed by atoms with Gasteiger partial charge in [-0.2, -0.15) is 10.1 Å². The summed E-state index contributed by atoms with van der Waals surface area (Å²) in [6.07, 6.45) is 1.63. The van der Waals surface area contributed by atoms with E-state index >= 15 is 0 Å². The highest BCUT2D eigenvalue weighted by Gasteiger charge is 2.29. The lowest BCUT2D eigenvalue weighted by atomic mass is 10.1. The van der Waals surface area contributed by atoms with Crippen LogP contribution in [-0.2, 0) is 4.79 Å². The molecule has 2 aromatic carbocycles. The van der Waals surface area contributed by atoms with Crippen molar-refractivity contribution in [2.24, 2.45) is 5.10 Å². The number of nitro groups is 1. The van der Waals surface area contributed by atoms with Crippen molar-refractivity contribution in [3.8, 4) is 11.3 Å². The van der Waals surface area contributed by atoms with E-state index in [1.165, 1.54) is 17.1 Å². The van der Waals surface area contributed by atoms with Gasteiger partial charge in [0, 0.05) is 22.2 Å². The van der Waals surface area contributed by atoms with Crippen molar-refractivity contribution >= 4 is 45.0 Å². The topological polar surface area (TPSA) is 89.0 Å². The molecule has 3 aromatic rings. The van der Waals surface area contributed by atoms with E-state index in [0.717, 1.165) is 4.47 Å². The van der Waals surface area contributed by atoms with Crippen molar-refractivity contribution in [3.63, 3.8) is 0 Å². The largest absolute Gasteiger partial charge is 0.457 e. The van der Waals surface area contributed by atoms with Crippen LogP contribution in [0.25, 0.3) is 17.4 Å². The average molecular weight is 452 g/mol. The van der Waals surface area contributed by atoms with Crippen molar-refractivity contribution < 1.29 is 14.1 Å². The van der Waals surface area contributed by atoms with Crippen molar-refractivity contribution in [3.05, 3.63) is 86.6 Å². The van der Waals surface area contributed by atoms with Gasteiger partial charge in [0.15, 0.2) is 0 Å². The molecule has 4 rings (SSSR count). The minimum Gasteiger partial charge on any atom is -0.457 e. The Hall–Kier alpha value is -3.52. The van der Waals surface area contributed by atoms with Crippen molar-refractivity contribution in [2.75, 3.05) is 5.01 Å². The summed E-state index contributed by atoms with van der Waals surface area (Å²) in [6.45, 7) is 1.76. The first-order valence-electron chi connectivity index (χ1n) is 8.64. The lowest BCUT2D eigenvalue weighted by molar-refractivity contribution is -0.384. The van der Waals surface area contributed by atoms with Gasteiger partial charge in [0.25, 0.3) is 11.6 Å². The van der Waals surface area contributed by atoms with Crippen molar-refractivity contribution in [1.82, 2.24) is 0 Å². The maximum Gasteiger partial charge on any atom is 0.280 e. The molecule has 1 aromatic heterocycles. The molecular formula is C21H14BrN3O4. The molecular weight excluding hydrogens is 438 g/mol. The third-order valence-corrected chi connectivity index (χ3v) is 4.86. The fourth-order valence-corrected chi connectivity index (χ4v) is 3.35.